The van der Waals surface area contributed by atoms with Crippen molar-refractivity contribution in [3.8, 4) is 0 Å². The summed E-state index contributed by atoms with van der Waals surface area (Å²) < 4.78 is 13.8. The second kappa shape index (κ2) is 7.83. The van der Waals surface area contributed by atoms with E-state index < -0.39 is 11.7 Å². The number of nitrogens with one attached hydrogen (secondary N) is 1. The highest BCUT2D eigenvalue weighted by Crippen LogP contribution is 2.29. The topological polar surface area (TPSA) is 75.9 Å². The highest BCUT2D eigenvalue weighted by molar-refractivity contribution is 6.04. The molecule has 0 atom stereocenters. The lowest BCUT2D eigenvalue weighted by atomic mass is 9.95. The van der Waals surface area contributed by atoms with Crippen molar-refractivity contribution in [1.82, 2.24) is 20.2 Å². The van der Waals surface area contributed by atoms with Gasteiger partial charge in [-0.15, -0.1) is 5.10 Å². The number of carbonyl (C=O) groups excluding carboxylic acids is 1. The van der Waals surface area contributed by atoms with E-state index in [1.54, 1.807) is 19.2 Å². The van der Waals surface area contributed by atoms with Crippen molar-refractivity contribution < 1.29 is 9.18 Å². The van der Waals surface area contributed by atoms with Crippen LogP contribution in [-0.2, 0) is 7.05 Å². The summed E-state index contributed by atoms with van der Waals surface area (Å²) in [6.45, 7) is 3.67. The number of carbonyl (C=O) groups is 1. The summed E-state index contributed by atoms with van der Waals surface area (Å²) in [7, 11) is 1.75. The Balaban J connectivity index is 1.49. The molecule has 7 nitrogen and oxygen atoms in total. The number of anilines is 2. The molecule has 0 spiro atoms. The van der Waals surface area contributed by atoms with Crippen LogP contribution in [0.4, 0.5) is 16.0 Å². The summed E-state index contributed by atoms with van der Waals surface area (Å²) >= 11 is 0. The van der Waals surface area contributed by atoms with Crippen LogP contribution in [0.5, 0.6) is 0 Å². The number of aryl methyl sites for hydroxylation is 1. The third-order valence-electron chi connectivity index (χ3n) is 5.01. The average molecular weight is 392 g/mol. The molecule has 2 aromatic carbocycles. The van der Waals surface area contributed by atoms with Gasteiger partial charge in [0, 0.05) is 18.8 Å². The van der Waals surface area contributed by atoms with Gasteiger partial charge in [-0.05, 0) is 54.0 Å². The fourth-order valence-corrected chi connectivity index (χ4v) is 3.37. The maximum Gasteiger partial charge on any atom is 0.266 e. The second-order valence-corrected chi connectivity index (χ2v) is 7.02. The van der Waals surface area contributed by atoms with Gasteiger partial charge < -0.3 is 10.2 Å². The van der Waals surface area contributed by atoms with Crippen LogP contribution in [0.15, 0.2) is 54.1 Å². The molecule has 1 aliphatic rings. The van der Waals surface area contributed by atoms with Gasteiger partial charge in [-0.25, -0.2) is 4.39 Å². The summed E-state index contributed by atoms with van der Waals surface area (Å²) in [6, 6.07) is 13.5. The van der Waals surface area contributed by atoms with Gasteiger partial charge in [-0.3, -0.25) is 4.79 Å². The quantitative estimate of drug-likeness (QED) is 0.737. The number of halogens is 1. The molecule has 0 bridgehead atoms. The number of hydrogen-bond donors (Lipinski definition) is 1. The largest absolute Gasteiger partial charge is 0.334 e. The fourth-order valence-electron chi connectivity index (χ4n) is 3.37. The standard InChI is InChI=1S/C21H21FN6O/c1-14-11-12-28(21-24-26-27(2)25-21)13-18(14)15-7-9-16(10-8-15)23-20(29)17-5-3-4-6-19(17)22/h3-10H,11-13H2,1-2H3,(H,23,29). The highest BCUT2D eigenvalue weighted by Gasteiger charge is 2.21. The first-order chi connectivity index (χ1) is 14.0. The van der Waals surface area contributed by atoms with Crippen LogP contribution < -0.4 is 10.2 Å². The van der Waals surface area contributed by atoms with Gasteiger partial charge >= 0.3 is 0 Å². The second-order valence-electron chi connectivity index (χ2n) is 7.02. The SMILES string of the molecule is CC1=C(c2ccc(NC(=O)c3ccccc3F)cc2)CN(c2nnn(C)n2)CC1. The highest BCUT2D eigenvalue weighted by atomic mass is 19.1. The Hall–Kier alpha value is -3.55. The number of aromatic nitrogens is 4. The van der Waals surface area contributed by atoms with E-state index in [1.165, 1.54) is 28.1 Å². The van der Waals surface area contributed by atoms with E-state index >= 15 is 0 Å². The van der Waals surface area contributed by atoms with Gasteiger partial charge in [0.05, 0.1) is 12.6 Å². The van der Waals surface area contributed by atoms with Crippen molar-refractivity contribution in [3.63, 3.8) is 0 Å². The van der Waals surface area contributed by atoms with Crippen LogP contribution in [-0.4, -0.2) is 39.2 Å². The minimum absolute atomic E-state index is 0.0227. The number of rotatable bonds is 4. The Morgan fingerprint density at radius 2 is 1.90 bits per heavy atom. The summed E-state index contributed by atoms with van der Waals surface area (Å²) in [5, 5.41) is 15.0. The third kappa shape index (κ3) is 4.01. The zero-order chi connectivity index (χ0) is 20.4. The molecule has 4 rings (SSSR count). The lowest BCUT2D eigenvalue weighted by Crippen LogP contribution is -2.31. The summed E-state index contributed by atoms with van der Waals surface area (Å²) in [6.07, 6.45) is 0.916. The van der Waals surface area contributed by atoms with E-state index in [9.17, 15) is 9.18 Å². The molecule has 0 saturated heterocycles. The van der Waals surface area contributed by atoms with E-state index in [4.69, 9.17) is 0 Å². The van der Waals surface area contributed by atoms with Crippen LogP contribution in [0.1, 0.15) is 29.3 Å². The van der Waals surface area contributed by atoms with E-state index in [1.807, 2.05) is 24.3 Å². The van der Waals surface area contributed by atoms with Crippen molar-refractivity contribution in [3.05, 3.63) is 71.0 Å². The molecule has 3 aromatic rings. The molecular formula is C21H21FN6O. The van der Waals surface area contributed by atoms with Gasteiger partial charge in [0.1, 0.15) is 5.82 Å². The van der Waals surface area contributed by atoms with E-state index in [2.05, 4.69) is 32.6 Å². The molecule has 0 aliphatic carbocycles. The molecule has 148 valence electrons. The molecular weight excluding hydrogens is 371 g/mol. The Morgan fingerprint density at radius 3 is 2.59 bits per heavy atom. The number of amides is 1. The van der Waals surface area contributed by atoms with E-state index in [0.29, 0.717) is 18.2 Å². The first-order valence-corrected chi connectivity index (χ1v) is 9.35. The van der Waals surface area contributed by atoms with E-state index in [-0.39, 0.29) is 5.56 Å². The Labute approximate surface area is 167 Å². The minimum Gasteiger partial charge on any atom is -0.334 e. The number of tetrazole rings is 1. The van der Waals surface area contributed by atoms with Gasteiger partial charge in [-0.2, -0.15) is 4.80 Å². The third-order valence-corrected chi connectivity index (χ3v) is 5.01. The molecule has 0 radical (unpaired) electrons. The predicted octanol–water partition coefficient (Wildman–Crippen LogP) is 3.29. The van der Waals surface area contributed by atoms with E-state index in [0.717, 1.165) is 18.5 Å². The smallest absolute Gasteiger partial charge is 0.266 e. The van der Waals surface area contributed by atoms with Crippen LogP contribution in [0.25, 0.3) is 5.57 Å². The van der Waals surface area contributed by atoms with Crippen molar-refractivity contribution in [2.45, 2.75) is 13.3 Å². The molecule has 29 heavy (non-hydrogen) atoms. The molecule has 8 heteroatoms. The van der Waals surface area contributed by atoms with Gasteiger partial charge in [0.25, 0.3) is 11.9 Å². The molecule has 1 amide bonds. The predicted molar refractivity (Wildman–Crippen MR) is 109 cm³/mol. The zero-order valence-corrected chi connectivity index (χ0v) is 16.3. The summed E-state index contributed by atoms with van der Waals surface area (Å²) in [5.74, 6) is -0.391. The molecule has 1 aliphatic heterocycles. The van der Waals surface area contributed by atoms with Gasteiger partial charge in [-0.1, -0.05) is 34.9 Å². The monoisotopic (exact) mass is 392 g/mol. The van der Waals surface area contributed by atoms with Gasteiger partial charge in [0.2, 0.25) is 0 Å². The maximum absolute atomic E-state index is 13.8. The number of hydrogen-bond acceptors (Lipinski definition) is 5. The van der Waals surface area contributed by atoms with Crippen molar-refractivity contribution in [2.24, 2.45) is 7.05 Å². The fraction of sp³-hybridized carbons (Fsp3) is 0.238. The maximum atomic E-state index is 13.8. The Bertz CT molecular complexity index is 1070. The minimum atomic E-state index is -0.540. The molecule has 1 N–H and O–H groups in total. The van der Waals surface area contributed by atoms with Crippen molar-refractivity contribution in [1.29, 1.82) is 0 Å². The Morgan fingerprint density at radius 1 is 1.14 bits per heavy atom. The molecule has 1 aromatic heterocycles. The number of benzene rings is 2. The zero-order valence-electron chi connectivity index (χ0n) is 16.3. The number of nitrogens with zero attached hydrogens (tertiary/aromatic N) is 5. The van der Waals surface area contributed by atoms with Crippen molar-refractivity contribution >= 4 is 23.1 Å². The van der Waals surface area contributed by atoms with Crippen LogP contribution >= 0.6 is 0 Å². The van der Waals surface area contributed by atoms with Crippen molar-refractivity contribution in [2.75, 3.05) is 23.3 Å². The first kappa shape index (κ1) is 18.8. The van der Waals surface area contributed by atoms with Crippen LogP contribution in [0.3, 0.4) is 0 Å². The average Bonchev–Trinajstić information content (AvgIpc) is 3.16. The summed E-state index contributed by atoms with van der Waals surface area (Å²) in [4.78, 5) is 15.8. The van der Waals surface area contributed by atoms with Crippen LogP contribution in [0.2, 0.25) is 0 Å². The first-order valence-electron chi connectivity index (χ1n) is 9.35. The van der Waals surface area contributed by atoms with Gasteiger partial charge in [0.15, 0.2) is 0 Å². The lowest BCUT2D eigenvalue weighted by Gasteiger charge is -2.29. The Kier molecular flexibility index (Phi) is 5.07. The lowest BCUT2D eigenvalue weighted by molar-refractivity contribution is 0.102. The molecule has 2 heterocycles. The molecule has 0 fully saturated rings. The van der Waals surface area contributed by atoms with Crippen LogP contribution in [0, 0.1) is 5.82 Å². The molecule has 0 saturated carbocycles. The normalized spacial score (nSPS) is 14.2. The molecule has 0 unspecified atom stereocenters. The summed E-state index contributed by atoms with van der Waals surface area (Å²) in [5.41, 5.74) is 4.22.